The van der Waals surface area contributed by atoms with Gasteiger partial charge in [-0.2, -0.15) is 4.98 Å². The van der Waals surface area contributed by atoms with Gasteiger partial charge in [0.05, 0.1) is 16.7 Å². The van der Waals surface area contributed by atoms with Gasteiger partial charge in [-0.15, -0.1) is 11.3 Å². The highest BCUT2D eigenvalue weighted by molar-refractivity contribution is 7.13. The van der Waals surface area contributed by atoms with Crippen molar-refractivity contribution in [3.63, 3.8) is 0 Å². The predicted octanol–water partition coefficient (Wildman–Crippen LogP) is 3.53. The highest BCUT2D eigenvalue weighted by Crippen LogP contribution is 2.21. The second kappa shape index (κ2) is 7.73. The molecule has 7 heteroatoms. The van der Waals surface area contributed by atoms with Gasteiger partial charge >= 0.3 is 0 Å². The largest absolute Gasteiger partial charge is 0.472 e. The Balaban J connectivity index is 1.32. The van der Waals surface area contributed by atoms with E-state index in [4.69, 9.17) is 8.94 Å². The summed E-state index contributed by atoms with van der Waals surface area (Å²) in [5, 5.41) is 8.83. The predicted molar refractivity (Wildman–Crippen MR) is 86.2 cm³/mol. The number of hydrogen-bond donors (Lipinski definition) is 1. The number of unbranched alkanes of at least 4 members (excludes halogenated alkanes) is 2. The first-order valence-electron chi connectivity index (χ1n) is 7.50. The van der Waals surface area contributed by atoms with Crippen LogP contribution in [-0.4, -0.2) is 22.6 Å². The summed E-state index contributed by atoms with van der Waals surface area (Å²) in [6, 6.07) is 5.59. The van der Waals surface area contributed by atoms with E-state index in [1.165, 1.54) is 12.5 Å². The second-order valence-corrected chi connectivity index (χ2v) is 6.02. The number of nitrogens with zero attached hydrogens (tertiary/aromatic N) is 2. The number of rotatable bonds is 8. The molecule has 0 saturated heterocycles. The van der Waals surface area contributed by atoms with E-state index in [1.54, 1.807) is 17.4 Å². The van der Waals surface area contributed by atoms with Gasteiger partial charge < -0.3 is 14.3 Å². The maximum atomic E-state index is 11.7. The SMILES string of the molecule is O=C(NCCCCCc1nc(-c2cccs2)no1)c1ccoc1. The summed E-state index contributed by atoms with van der Waals surface area (Å²) in [4.78, 5) is 17.1. The van der Waals surface area contributed by atoms with E-state index in [2.05, 4.69) is 15.5 Å². The molecule has 0 aromatic carbocycles. The zero-order chi connectivity index (χ0) is 15.9. The number of amides is 1. The van der Waals surface area contributed by atoms with Crippen LogP contribution in [0.1, 0.15) is 35.5 Å². The van der Waals surface area contributed by atoms with Crippen molar-refractivity contribution >= 4 is 17.2 Å². The molecule has 23 heavy (non-hydrogen) atoms. The molecule has 3 rings (SSSR count). The van der Waals surface area contributed by atoms with Gasteiger partial charge in [-0.1, -0.05) is 17.6 Å². The van der Waals surface area contributed by atoms with Crippen LogP contribution in [0.5, 0.6) is 0 Å². The Hall–Kier alpha value is -2.41. The standard InChI is InChI=1S/C16H17N3O3S/c20-16(12-7-9-21-11-12)17-8-3-1-2-6-14-18-15(19-22-14)13-5-4-10-23-13/h4-5,7,9-11H,1-3,6,8H2,(H,17,20). The Morgan fingerprint density at radius 2 is 2.22 bits per heavy atom. The number of nitrogens with one attached hydrogen (secondary N) is 1. The van der Waals surface area contributed by atoms with Gasteiger partial charge in [0.2, 0.25) is 11.7 Å². The minimum Gasteiger partial charge on any atom is -0.472 e. The third-order valence-electron chi connectivity index (χ3n) is 3.35. The van der Waals surface area contributed by atoms with Crippen molar-refractivity contribution in [1.29, 1.82) is 0 Å². The fraction of sp³-hybridized carbons (Fsp3) is 0.312. The van der Waals surface area contributed by atoms with Crippen molar-refractivity contribution in [3.05, 3.63) is 47.6 Å². The Kier molecular flexibility index (Phi) is 5.21. The molecule has 0 saturated carbocycles. The molecule has 120 valence electrons. The fourth-order valence-corrected chi connectivity index (χ4v) is 2.79. The zero-order valence-corrected chi connectivity index (χ0v) is 13.3. The van der Waals surface area contributed by atoms with Crippen LogP contribution in [0.3, 0.4) is 0 Å². The summed E-state index contributed by atoms with van der Waals surface area (Å²) in [5.74, 6) is 1.22. The minimum atomic E-state index is -0.101. The van der Waals surface area contributed by atoms with E-state index in [9.17, 15) is 4.79 Å². The molecule has 0 bridgehead atoms. The molecule has 1 amide bonds. The average molecular weight is 331 g/mol. The fourth-order valence-electron chi connectivity index (χ4n) is 2.14. The van der Waals surface area contributed by atoms with Gasteiger partial charge in [0, 0.05) is 13.0 Å². The molecule has 0 unspecified atom stereocenters. The molecule has 3 aromatic heterocycles. The van der Waals surface area contributed by atoms with Gasteiger partial charge in [-0.3, -0.25) is 4.79 Å². The molecule has 0 aliphatic rings. The van der Waals surface area contributed by atoms with Crippen LogP contribution in [-0.2, 0) is 6.42 Å². The molecule has 0 spiro atoms. The lowest BCUT2D eigenvalue weighted by Gasteiger charge is -2.02. The molecule has 0 fully saturated rings. The van der Waals surface area contributed by atoms with Crippen LogP contribution in [0.15, 0.2) is 45.0 Å². The van der Waals surface area contributed by atoms with Crippen LogP contribution in [0, 0.1) is 0 Å². The summed E-state index contributed by atoms with van der Waals surface area (Å²) >= 11 is 1.59. The monoisotopic (exact) mass is 331 g/mol. The topological polar surface area (TPSA) is 81.2 Å². The quantitative estimate of drug-likeness (QED) is 0.639. The van der Waals surface area contributed by atoms with Gasteiger partial charge in [0.1, 0.15) is 6.26 Å². The van der Waals surface area contributed by atoms with Crippen molar-refractivity contribution in [1.82, 2.24) is 15.5 Å². The summed E-state index contributed by atoms with van der Waals surface area (Å²) < 4.78 is 10.1. The van der Waals surface area contributed by atoms with E-state index in [-0.39, 0.29) is 5.91 Å². The number of carbonyl (C=O) groups excluding carboxylic acids is 1. The lowest BCUT2D eigenvalue weighted by molar-refractivity contribution is 0.0952. The van der Waals surface area contributed by atoms with Gasteiger partial charge in [-0.05, 0) is 30.4 Å². The van der Waals surface area contributed by atoms with E-state index >= 15 is 0 Å². The zero-order valence-electron chi connectivity index (χ0n) is 12.5. The molecule has 3 heterocycles. The van der Waals surface area contributed by atoms with Crippen molar-refractivity contribution in [2.75, 3.05) is 6.54 Å². The van der Waals surface area contributed by atoms with Crippen molar-refractivity contribution < 1.29 is 13.7 Å². The number of aryl methyl sites for hydroxylation is 1. The van der Waals surface area contributed by atoms with Crippen molar-refractivity contribution in [3.8, 4) is 10.7 Å². The lowest BCUT2D eigenvalue weighted by Crippen LogP contribution is -2.23. The summed E-state index contributed by atoms with van der Waals surface area (Å²) in [6.45, 7) is 0.647. The van der Waals surface area contributed by atoms with E-state index in [0.29, 0.717) is 23.8 Å². The molecular weight excluding hydrogens is 314 g/mol. The Morgan fingerprint density at radius 1 is 1.26 bits per heavy atom. The smallest absolute Gasteiger partial charge is 0.254 e. The molecule has 0 atom stereocenters. The third-order valence-corrected chi connectivity index (χ3v) is 4.21. The summed E-state index contributed by atoms with van der Waals surface area (Å²) in [5.41, 5.74) is 0.553. The average Bonchev–Trinajstić information content (AvgIpc) is 3.32. The second-order valence-electron chi connectivity index (χ2n) is 5.07. The maximum Gasteiger partial charge on any atom is 0.254 e. The molecule has 0 aliphatic heterocycles. The summed E-state index contributed by atoms with van der Waals surface area (Å²) in [6.07, 6.45) is 6.54. The number of thiophene rings is 1. The molecule has 1 N–H and O–H groups in total. The van der Waals surface area contributed by atoms with Crippen LogP contribution in [0.4, 0.5) is 0 Å². The molecule has 6 nitrogen and oxygen atoms in total. The normalized spacial score (nSPS) is 10.8. The van der Waals surface area contributed by atoms with Crippen LogP contribution in [0.2, 0.25) is 0 Å². The Morgan fingerprint density at radius 3 is 3.00 bits per heavy atom. The molecule has 3 aromatic rings. The Labute approximate surface area is 137 Å². The molecule has 0 radical (unpaired) electrons. The number of hydrogen-bond acceptors (Lipinski definition) is 6. The van der Waals surface area contributed by atoms with Gasteiger partial charge in [-0.25, -0.2) is 0 Å². The third kappa shape index (κ3) is 4.29. The maximum absolute atomic E-state index is 11.7. The van der Waals surface area contributed by atoms with E-state index < -0.39 is 0 Å². The molecular formula is C16H17N3O3S. The van der Waals surface area contributed by atoms with Crippen molar-refractivity contribution in [2.45, 2.75) is 25.7 Å². The van der Waals surface area contributed by atoms with Crippen LogP contribution in [0.25, 0.3) is 10.7 Å². The highest BCUT2D eigenvalue weighted by Gasteiger charge is 2.09. The van der Waals surface area contributed by atoms with E-state index in [1.807, 2.05) is 17.5 Å². The Bertz CT molecular complexity index is 720. The highest BCUT2D eigenvalue weighted by atomic mass is 32.1. The first-order valence-corrected chi connectivity index (χ1v) is 8.38. The van der Waals surface area contributed by atoms with Gasteiger partial charge in [0.25, 0.3) is 5.91 Å². The van der Waals surface area contributed by atoms with E-state index in [0.717, 1.165) is 30.6 Å². The number of aromatic nitrogens is 2. The van der Waals surface area contributed by atoms with Crippen molar-refractivity contribution in [2.24, 2.45) is 0 Å². The number of furan rings is 1. The first-order chi connectivity index (χ1) is 11.3. The first kappa shape index (κ1) is 15.5. The van der Waals surface area contributed by atoms with Gasteiger partial charge in [0.15, 0.2) is 0 Å². The minimum absolute atomic E-state index is 0.101. The lowest BCUT2D eigenvalue weighted by atomic mass is 10.2. The summed E-state index contributed by atoms with van der Waals surface area (Å²) in [7, 11) is 0. The molecule has 0 aliphatic carbocycles. The van der Waals surface area contributed by atoms with Crippen LogP contribution < -0.4 is 5.32 Å². The number of carbonyl (C=O) groups is 1. The van der Waals surface area contributed by atoms with Crippen LogP contribution >= 0.6 is 11.3 Å².